The predicted octanol–water partition coefficient (Wildman–Crippen LogP) is 17.1. The van der Waals surface area contributed by atoms with Crippen LogP contribution < -0.4 is 0 Å². The molecule has 0 heterocycles. The largest absolute Gasteiger partial charge is 0.508 e. The molecule has 0 aromatic heterocycles. The number of hydrogen-bond acceptors (Lipinski definition) is 2. The number of phenolic OH excluding ortho intramolecular Hbond substituents is 2. The minimum absolute atomic E-state index is 0.273. The smallest absolute Gasteiger partial charge is 0.116 e. The van der Waals surface area contributed by atoms with Gasteiger partial charge in [-0.1, -0.05) is 208 Å². The molecular formula is C60H62O2. The Hall–Kier alpha value is -6.64. The number of phenols is 2. The quantitative estimate of drug-likeness (QED) is 0.182. The maximum atomic E-state index is 10.0. The fourth-order valence-corrected chi connectivity index (χ4v) is 8.78. The Morgan fingerprint density at radius 3 is 1.23 bits per heavy atom. The van der Waals surface area contributed by atoms with Crippen LogP contribution in [0.2, 0.25) is 0 Å². The number of fused-ring (bicyclic) bond motifs is 9. The van der Waals surface area contributed by atoms with E-state index in [1.165, 1.54) is 79.2 Å². The maximum Gasteiger partial charge on any atom is 0.116 e. The summed E-state index contributed by atoms with van der Waals surface area (Å²) in [6.07, 6.45) is 3.58. The van der Waals surface area contributed by atoms with Crippen molar-refractivity contribution in [3.63, 3.8) is 0 Å². The van der Waals surface area contributed by atoms with Gasteiger partial charge < -0.3 is 10.2 Å². The Balaban J connectivity index is 0.000000198. The highest BCUT2D eigenvalue weighted by atomic mass is 16.3. The van der Waals surface area contributed by atoms with Crippen molar-refractivity contribution in [2.24, 2.45) is 0 Å². The lowest BCUT2D eigenvalue weighted by Crippen LogP contribution is -2.28. The summed E-state index contributed by atoms with van der Waals surface area (Å²) in [5.74, 6) is 0.545. The van der Waals surface area contributed by atoms with Crippen molar-refractivity contribution >= 4 is 32.3 Å². The predicted molar refractivity (Wildman–Crippen MR) is 269 cm³/mol. The molecule has 0 saturated heterocycles. The van der Waals surface area contributed by atoms with E-state index in [9.17, 15) is 10.2 Å². The van der Waals surface area contributed by atoms with E-state index in [1.807, 2.05) is 52.0 Å². The third-order valence-corrected chi connectivity index (χ3v) is 11.1. The van der Waals surface area contributed by atoms with Crippen LogP contribution in [0.3, 0.4) is 0 Å². The van der Waals surface area contributed by atoms with Crippen LogP contribution in [0.25, 0.3) is 54.6 Å². The molecule has 0 unspecified atom stereocenters. The molecule has 0 radical (unpaired) electrons. The Bertz CT molecular complexity index is 2770. The molecule has 2 heteroatoms. The van der Waals surface area contributed by atoms with Crippen molar-refractivity contribution in [3.05, 3.63) is 215 Å². The van der Waals surface area contributed by atoms with Crippen LogP contribution in [0.4, 0.5) is 0 Å². The van der Waals surface area contributed by atoms with E-state index < -0.39 is 5.41 Å². The van der Waals surface area contributed by atoms with Gasteiger partial charge in [-0.2, -0.15) is 0 Å². The third-order valence-electron chi connectivity index (χ3n) is 11.1. The molecule has 0 atom stereocenters. The second kappa shape index (κ2) is 20.8. The Kier molecular flexibility index (Phi) is 15.0. The zero-order chi connectivity index (χ0) is 44.2. The van der Waals surface area contributed by atoms with E-state index in [2.05, 4.69) is 173 Å². The summed E-state index contributed by atoms with van der Waals surface area (Å²) in [6.45, 7) is 16.5. The molecule has 0 amide bonds. The van der Waals surface area contributed by atoms with Gasteiger partial charge in [-0.3, -0.25) is 0 Å². The van der Waals surface area contributed by atoms with Gasteiger partial charge in [-0.05, 0) is 137 Å². The summed E-state index contributed by atoms with van der Waals surface area (Å²) >= 11 is 0. The number of hydrogen-bond donors (Lipinski definition) is 2. The summed E-state index contributed by atoms with van der Waals surface area (Å²) in [7, 11) is 0. The first-order valence-electron chi connectivity index (χ1n) is 22.6. The van der Waals surface area contributed by atoms with Crippen molar-refractivity contribution in [3.8, 4) is 33.8 Å². The Labute approximate surface area is 370 Å². The number of aromatic hydroxyl groups is 2. The highest BCUT2D eigenvalue weighted by Gasteiger charge is 2.46. The van der Waals surface area contributed by atoms with Crippen LogP contribution in [0, 0.1) is 0 Å². The van der Waals surface area contributed by atoms with E-state index >= 15 is 0 Å². The fourth-order valence-electron chi connectivity index (χ4n) is 8.78. The van der Waals surface area contributed by atoms with Gasteiger partial charge in [0.25, 0.3) is 0 Å². The Morgan fingerprint density at radius 2 is 0.726 bits per heavy atom. The van der Waals surface area contributed by atoms with Crippen LogP contribution in [0.1, 0.15) is 102 Å². The highest BCUT2D eigenvalue weighted by Crippen LogP contribution is 2.56. The molecule has 2 N–H and O–H groups in total. The zero-order valence-corrected chi connectivity index (χ0v) is 37.8. The van der Waals surface area contributed by atoms with Crippen molar-refractivity contribution in [2.45, 2.75) is 80.1 Å². The molecule has 9 aromatic rings. The second-order valence-electron chi connectivity index (χ2n) is 15.4. The van der Waals surface area contributed by atoms with Gasteiger partial charge in [-0.15, -0.1) is 0 Å². The first-order valence-corrected chi connectivity index (χ1v) is 22.6. The van der Waals surface area contributed by atoms with Crippen molar-refractivity contribution in [1.29, 1.82) is 0 Å². The minimum Gasteiger partial charge on any atom is -0.508 e. The normalized spacial score (nSPS) is 11.9. The maximum absolute atomic E-state index is 10.0. The monoisotopic (exact) mass is 814 g/mol. The molecule has 62 heavy (non-hydrogen) atoms. The van der Waals surface area contributed by atoms with Gasteiger partial charge in [0, 0.05) is 0 Å². The first-order chi connectivity index (χ1) is 30.4. The van der Waals surface area contributed by atoms with Crippen LogP contribution in [0.15, 0.2) is 182 Å². The lowest BCUT2D eigenvalue weighted by Gasteiger charge is -2.34. The zero-order valence-electron chi connectivity index (χ0n) is 37.8. The summed E-state index contributed by atoms with van der Waals surface area (Å²) in [5.41, 5.74) is 12.6. The number of benzene rings is 9. The molecule has 2 nitrogen and oxygen atoms in total. The average Bonchev–Trinajstić information content (AvgIpc) is 3.83. The van der Waals surface area contributed by atoms with E-state index in [0.717, 1.165) is 28.0 Å². The fraction of sp³-hybridized carbons (Fsp3) is 0.200. The van der Waals surface area contributed by atoms with Gasteiger partial charge in [0.15, 0.2) is 0 Å². The van der Waals surface area contributed by atoms with Gasteiger partial charge >= 0.3 is 0 Å². The first kappa shape index (κ1) is 44.9. The Morgan fingerprint density at radius 1 is 0.355 bits per heavy atom. The van der Waals surface area contributed by atoms with E-state index in [4.69, 9.17) is 0 Å². The van der Waals surface area contributed by atoms with Crippen molar-refractivity contribution in [1.82, 2.24) is 0 Å². The van der Waals surface area contributed by atoms with Gasteiger partial charge in [0.2, 0.25) is 0 Å². The number of rotatable bonds is 2. The summed E-state index contributed by atoms with van der Waals surface area (Å²) in [4.78, 5) is 0. The van der Waals surface area contributed by atoms with Gasteiger partial charge in [0.1, 0.15) is 11.5 Å². The standard InChI is InChI=1S/C33H22O2.C17H12.2C3H8.2C2H6/c34-27-15-11-21-17-25(13-9-23(21)19-27)33(26-14-10-24-20-28(35)16-12-22(24)18-26)31-7-3-1-5-29(31)30-6-2-4-8-32(30)33;1-2-6-13-11-17-15(9-12(13)5-1)10-14-7-3-4-8-16(14)17;2*1-3-2;2*1-2/h1-20,34-35H;1-9,11H,10H2;2*3H2,1-2H3;2*1-2H3. The molecule has 2 aliphatic carbocycles. The molecular weight excluding hydrogens is 753 g/mol. The molecule has 2 aliphatic rings. The third kappa shape index (κ3) is 8.74. The summed E-state index contributed by atoms with van der Waals surface area (Å²) in [5, 5.41) is 26.9. The van der Waals surface area contributed by atoms with Crippen LogP contribution in [-0.2, 0) is 11.8 Å². The molecule has 0 bridgehead atoms. The topological polar surface area (TPSA) is 40.5 Å². The van der Waals surface area contributed by atoms with Gasteiger partial charge in [0.05, 0.1) is 5.41 Å². The lowest BCUT2D eigenvalue weighted by molar-refractivity contribution is 0.475. The van der Waals surface area contributed by atoms with Crippen LogP contribution >= 0.6 is 0 Å². The van der Waals surface area contributed by atoms with E-state index in [-0.39, 0.29) is 11.5 Å². The summed E-state index contributed by atoms with van der Waals surface area (Å²) in [6, 6.07) is 63.6. The van der Waals surface area contributed by atoms with Crippen molar-refractivity contribution < 1.29 is 10.2 Å². The SMILES string of the molecule is CC.CC.CCC.CCC.Oc1ccc2cc(C3(c4ccc5cc(O)ccc5c4)c4ccccc4-c4ccccc43)ccc2c1.c1ccc2c(c1)Cc1cc3ccccc3cc1-2. The molecule has 314 valence electrons. The molecule has 0 saturated carbocycles. The average molecular weight is 815 g/mol. The molecule has 11 rings (SSSR count). The lowest BCUT2D eigenvalue weighted by atomic mass is 9.67. The molecule has 9 aromatic carbocycles. The minimum atomic E-state index is -0.495. The van der Waals surface area contributed by atoms with Gasteiger partial charge in [-0.25, -0.2) is 0 Å². The van der Waals surface area contributed by atoms with Crippen molar-refractivity contribution in [2.75, 3.05) is 0 Å². The van der Waals surface area contributed by atoms with Crippen LogP contribution in [-0.4, -0.2) is 10.2 Å². The summed E-state index contributed by atoms with van der Waals surface area (Å²) < 4.78 is 0. The van der Waals surface area contributed by atoms with E-state index in [1.54, 1.807) is 12.1 Å². The van der Waals surface area contributed by atoms with E-state index in [0.29, 0.717) is 0 Å². The molecule has 0 aliphatic heterocycles. The van der Waals surface area contributed by atoms with Crippen LogP contribution in [0.5, 0.6) is 11.5 Å². The molecule has 0 spiro atoms. The molecule has 0 fully saturated rings. The highest BCUT2D eigenvalue weighted by molar-refractivity contribution is 5.93. The second-order valence-corrected chi connectivity index (χ2v) is 15.4.